The van der Waals surface area contributed by atoms with Gasteiger partial charge in [0.1, 0.15) is 0 Å². The summed E-state index contributed by atoms with van der Waals surface area (Å²) in [7, 11) is 3.88. The fraction of sp³-hybridized carbons (Fsp3) is 0.158. The van der Waals surface area contributed by atoms with Crippen molar-refractivity contribution in [3.63, 3.8) is 0 Å². The van der Waals surface area contributed by atoms with Gasteiger partial charge < -0.3 is 4.90 Å². The summed E-state index contributed by atoms with van der Waals surface area (Å²) in [6.45, 7) is 0. The summed E-state index contributed by atoms with van der Waals surface area (Å²) in [6.07, 6.45) is 1.52. The highest BCUT2D eigenvalue weighted by Gasteiger charge is 2.16. The highest BCUT2D eigenvalue weighted by Crippen LogP contribution is 2.24. The van der Waals surface area contributed by atoms with Crippen molar-refractivity contribution >= 4 is 46.7 Å². The average molecular weight is 392 g/mol. The summed E-state index contributed by atoms with van der Waals surface area (Å²) >= 11 is 11.8. The van der Waals surface area contributed by atoms with E-state index in [0.29, 0.717) is 10.6 Å². The second-order valence-electron chi connectivity index (χ2n) is 5.86. The minimum atomic E-state index is -0.518. The number of nitrogens with zero attached hydrogens (tertiary/aromatic N) is 1. The maximum absolute atomic E-state index is 12.5. The van der Waals surface area contributed by atoms with Gasteiger partial charge in [-0.25, -0.2) is 5.84 Å². The zero-order chi connectivity index (χ0) is 19.3. The van der Waals surface area contributed by atoms with E-state index in [2.05, 4.69) is 5.43 Å². The van der Waals surface area contributed by atoms with Gasteiger partial charge in [0, 0.05) is 37.3 Å². The molecule has 0 aliphatic rings. The maximum atomic E-state index is 12.5. The first-order chi connectivity index (χ1) is 12.3. The molecule has 1 amide bonds. The number of Topliss-reactive ketones (excluding diaryl/α,β-unsaturated/α-hetero) is 1. The molecule has 0 aliphatic heterocycles. The first-order valence-electron chi connectivity index (χ1n) is 7.79. The van der Waals surface area contributed by atoms with Crippen molar-refractivity contribution in [2.24, 2.45) is 5.84 Å². The summed E-state index contributed by atoms with van der Waals surface area (Å²) in [6, 6.07) is 12.2. The van der Waals surface area contributed by atoms with Crippen molar-refractivity contribution in [1.82, 2.24) is 5.43 Å². The smallest absolute Gasteiger partial charge is 0.261 e. The van der Waals surface area contributed by atoms with Crippen LogP contribution < -0.4 is 16.2 Å². The number of benzene rings is 2. The van der Waals surface area contributed by atoms with E-state index in [1.54, 1.807) is 18.2 Å². The minimum absolute atomic E-state index is 0.115. The Morgan fingerprint density at radius 1 is 1.08 bits per heavy atom. The van der Waals surface area contributed by atoms with Gasteiger partial charge in [0.05, 0.1) is 10.0 Å². The molecule has 0 saturated heterocycles. The Kier molecular flexibility index (Phi) is 6.80. The average Bonchev–Trinajstić information content (AvgIpc) is 2.63. The summed E-state index contributed by atoms with van der Waals surface area (Å²) < 4.78 is 0. The molecule has 0 aliphatic carbocycles. The molecular formula is C19H19Cl2N3O2. The molecule has 0 unspecified atom stereocenters. The zero-order valence-electron chi connectivity index (χ0n) is 14.4. The van der Waals surface area contributed by atoms with E-state index in [9.17, 15) is 9.59 Å². The molecule has 5 nitrogen and oxygen atoms in total. The number of amides is 1. The van der Waals surface area contributed by atoms with Gasteiger partial charge in [-0.3, -0.25) is 15.0 Å². The number of hydrogen-bond donors (Lipinski definition) is 2. The number of rotatable bonds is 6. The number of nitrogens with one attached hydrogen (secondary N) is 1. The molecule has 2 aromatic rings. The molecule has 26 heavy (non-hydrogen) atoms. The Balaban J connectivity index is 2.27. The van der Waals surface area contributed by atoms with Crippen LogP contribution in [0.15, 0.2) is 48.0 Å². The second kappa shape index (κ2) is 8.85. The lowest BCUT2D eigenvalue weighted by molar-refractivity contribution is -0.117. The van der Waals surface area contributed by atoms with Gasteiger partial charge in [0.15, 0.2) is 5.78 Å². The number of hydrazine groups is 1. The van der Waals surface area contributed by atoms with Crippen LogP contribution in [0.3, 0.4) is 0 Å². The van der Waals surface area contributed by atoms with Crippen molar-refractivity contribution in [2.75, 3.05) is 19.0 Å². The van der Waals surface area contributed by atoms with Crippen LogP contribution in [-0.4, -0.2) is 25.8 Å². The van der Waals surface area contributed by atoms with Gasteiger partial charge in [0.2, 0.25) is 0 Å². The summed E-state index contributed by atoms with van der Waals surface area (Å²) in [5.41, 5.74) is 4.52. The Hall–Kier alpha value is -2.34. The van der Waals surface area contributed by atoms with Crippen molar-refractivity contribution in [3.8, 4) is 0 Å². The van der Waals surface area contributed by atoms with Gasteiger partial charge in [0.25, 0.3) is 5.91 Å². The standard InChI is InChI=1S/C19H19Cl2N3O2/c1-24(2)15-6-3-12(4-7-15)9-14(19(26)23-22)11-18(25)13-5-8-16(20)17(21)10-13/h3-10H,11,22H2,1-2H3,(H,23,26)/b14-9-. The van der Waals surface area contributed by atoms with E-state index < -0.39 is 5.91 Å². The minimum Gasteiger partial charge on any atom is -0.378 e. The predicted molar refractivity (Wildman–Crippen MR) is 106 cm³/mol. The molecule has 0 spiro atoms. The molecule has 2 rings (SSSR count). The van der Waals surface area contributed by atoms with Crippen LogP contribution in [0.1, 0.15) is 22.3 Å². The van der Waals surface area contributed by atoms with E-state index in [4.69, 9.17) is 29.0 Å². The molecule has 0 saturated carbocycles. The molecule has 3 N–H and O–H groups in total. The summed E-state index contributed by atoms with van der Waals surface area (Å²) in [5.74, 6) is 4.47. The van der Waals surface area contributed by atoms with Crippen LogP contribution >= 0.6 is 23.2 Å². The number of nitrogens with two attached hydrogens (primary N) is 1. The Labute approximate surface area is 162 Å². The molecule has 136 valence electrons. The fourth-order valence-corrected chi connectivity index (χ4v) is 2.60. The lowest BCUT2D eigenvalue weighted by Gasteiger charge is -2.12. The van der Waals surface area contributed by atoms with Crippen molar-refractivity contribution in [3.05, 3.63) is 69.2 Å². The lowest BCUT2D eigenvalue weighted by Crippen LogP contribution is -2.32. The zero-order valence-corrected chi connectivity index (χ0v) is 15.9. The largest absolute Gasteiger partial charge is 0.378 e. The normalized spacial score (nSPS) is 11.2. The summed E-state index contributed by atoms with van der Waals surface area (Å²) in [5, 5.41) is 0.644. The monoisotopic (exact) mass is 391 g/mol. The number of anilines is 1. The summed E-state index contributed by atoms with van der Waals surface area (Å²) in [4.78, 5) is 26.5. The molecule has 2 aromatic carbocycles. The third-order valence-electron chi connectivity index (χ3n) is 3.77. The van der Waals surface area contributed by atoms with Crippen LogP contribution in [0.25, 0.3) is 6.08 Å². The van der Waals surface area contributed by atoms with Crippen LogP contribution in [0.2, 0.25) is 10.0 Å². The van der Waals surface area contributed by atoms with Crippen LogP contribution in [0, 0.1) is 0 Å². The highest BCUT2D eigenvalue weighted by atomic mass is 35.5. The van der Waals surface area contributed by atoms with Crippen LogP contribution in [0.4, 0.5) is 5.69 Å². The third-order valence-corrected chi connectivity index (χ3v) is 4.50. The van der Waals surface area contributed by atoms with Crippen LogP contribution in [0.5, 0.6) is 0 Å². The van der Waals surface area contributed by atoms with Gasteiger partial charge in [-0.15, -0.1) is 0 Å². The Bertz CT molecular complexity index is 846. The number of carbonyl (C=O) groups excluding carboxylic acids is 2. The fourth-order valence-electron chi connectivity index (χ4n) is 2.30. The molecule has 0 bridgehead atoms. The maximum Gasteiger partial charge on any atom is 0.261 e. The highest BCUT2D eigenvalue weighted by molar-refractivity contribution is 6.42. The van der Waals surface area contributed by atoms with Gasteiger partial charge >= 0.3 is 0 Å². The van der Waals surface area contributed by atoms with Gasteiger partial charge in [-0.1, -0.05) is 35.3 Å². The molecular weight excluding hydrogens is 373 g/mol. The molecule has 0 fully saturated rings. The van der Waals surface area contributed by atoms with E-state index in [1.807, 2.05) is 43.3 Å². The molecule has 0 radical (unpaired) electrons. The lowest BCUT2D eigenvalue weighted by atomic mass is 10.0. The molecule has 0 aromatic heterocycles. The van der Waals surface area contributed by atoms with Crippen LogP contribution in [-0.2, 0) is 4.79 Å². The van der Waals surface area contributed by atoms with Crippen molar-refractivity contribution in [2.45, 2.75) is 6.42 Å². The number of carbonyl (C=O) groups is 2. The Morgan fingerprint density at radius 2 is 1.73 bits per heavy atom. The molecule has 0 heterocycles. The van der Waals surface area contributed by atoms with E-state index in [-0.39, 0.29) is 22.8 Å². The second-order valence-corrected chi connectivity index (χ2v) is 6.67. The van der Waals surface area contributed by atoms with E-state index in [1.165, 1.54) is 6.07 Å². The first kappa shape index (κ1) is 20.0. The van der Waals surface area contributed by atoms with E-state index in [0.717, 1.165) is 11.3 Å². The quantitative estimate of drug-likeness (QED) is 0.258. The number of ketones is 1. The third kappa shape index (κ3) is 5.08. The first-order valence-corrected chi connectivity index (χ1v) is 8.54. The van der Waals surface area contributed by atoms with Gasteiger partial charge in [-0.2, -0.15) is 0 Å². The topological polar surface area (TPSA) is 75.4 Å². The number of hydrogen-bond acceptors (Lipinski definition) is 4. The van der Waals surface area contributed by atoms with E-state index >= 15 is 0 Å². The predicted octanol–water partition coefficient (Wildman–Crippen LogP) is 3.71. The number of halogens is 2. The Morgan fingerprint density at radius 3 is 2.27 bits per heavy atom. The van der Waals surface area contributed by atoms with Crippen molar-refractivity contribution < 1.29 is 9.59 Å². The van der Waals surface area contributed by atoms with Crippen molar-refractivity contribution in [1.29, 1.82) is 0 Å². The SMILES string of the molecule is CN(C)c1ccc(/C=C(/CC(=O)c2ccc(Cl)c(Cl)c2)C(=O)NN)cc1. The van der Waals surface area contributed by atoms with Gasteiger partial charge in [-0.05, 0) is 42.0 Å². The molecule has 0 atom stereocenters. The molecule has 7 heteroatoms.